The first-order valence-electron chi connectivity index (χ1n) is 7.50. The van der Waals surface area contributed by atoms with Gasteiger partial charge < -0.3 is 4.74 Å². The number of nitriles is 1. The molecule has 0 saturated heterocycles. The van der Waals surface area contributed by atoms with Crippen molar-refractivity contribution < 1.29 is 9.53 Å². The van der Waals surface area contributed by atoms with Gasteiger partial charge in [-0.25, -0.2) is 9.59 Å². The number of rotatable bonds is 3. The number of carbonyl (C=O) groups excluding carboxylic acids is 1. The van der Waals surface area contributed by atoms with E-state index in [9.17, 15) is 19.6 Å². The van der Waals surface area contributed by atoms with E-state index >= 15 is 0 Å². The Labute approximate surface area is 137 Å². The van der Waals surface area contributed by atoms with Crippen LogP contribution in [0.4, 0.5) is 0 Å². The summed E-state index contributed by atoms with van der Waals surface area (Å²) in [5.74, 6) is -0.455. The van der Waals surface area contributed by atoms with E-state index in [1.54, 1.807) is 24.3 Å². The van der Waals surface area contributed by atoms with Gasteiger partial charge in [0.2, 0.25) is 0 Å². The minimum atomic E-state index is -0.562. The van der Waals surface area contributed by atoms with E-state index in [-0.39, 0.29) is 12.1 Å². The molecule has 0 amide bonds. The summed E-state index contributed by atoms with van der Waals surface area (Å²) in [7, 11) is 1.30. The first-order valence-corrected chi connectivity index (χ1v) is 7.50. The van der Waals surface area contributed by atoms with Crippen molar-refractivity contribution in [2.45, 2.75) is 25.9 Å². The molecule has 0 radical (unpaired) electrons. The maximum Gasteiger partial charge on any atom is 0.337 e. The highest BCUT2D eigenvalue weighted by molar-refractivity contribution is 5.89. The monoisotopic (exact) mass is 325 g/mol. The summed E-state index contributed by atoms with van der Waals surface area (Å²) >= 11 is 0. The number of hydrogen-bond donors (Lipinski definition) is 0. The molecule has 1 aliphatic rings. The van der Waals surface area contributed by atoms with Crippen molar-refractivity contribution in [1.82, 2.24) is 9.13 Å². The number of benzene rings is 1. The Hall–Kier alpha value is -3.14. The first kappa shape index (κ1) is 15.7. The minimum absolute atomic E-state index is 0.0401. The summed E-state index contributed by atoms with van der Waals surface area (Å²) in [6.07, 6.45) is 1.32. The van der Waals surface area contributed by atoms with Crippen molar-refractivity contribution >= 4 is 5.97 Å². The summed E-state index contributed by atoms with van der Waals surface area (Å²) in [5, 5.41) is 9.26. The van der Waals surface area contributed by atoms with E-state index in [1.807, 2.05) is 6.07 Å². The Kier molecular flexibility index (Phi) is 4.04. The molecule has 0 unspecified atom stereocenters. The third-order valence-corrected chi connectivity index (χ3v) is 4.16. The fourth-order valence-corrected chi connectivity index (χ4v) is 2.94. The lowest BCUT2D eigenvalue weighted by Crippen LogP contribution is -2.41. The number of carbonyl (C=O) groups is 1. The van der Waals surface area contributed by atoms with Crippen LogP contribution in [0.15, 0.2) is 33.9 Å². The summed E-state index contributed by atoms with van der Waals surface area (Å²) in [6.45, 7) is 0.568. The zero-order chi connectivity index (χ0) is 17.3. The number of hydrogen-bond acceptors (Lipinski definition) is 5. The minimum Gasteiger partial charge on any atom is -0.465 e. The standard InChI is InChI=1S/C17H15N3O4/c1-24-16(22)12-6-4-11(5-7-12)10-20-15(21)13(9-18)14-3-2-8-19(14)17(20)23/h4-7H,2-3,8,10H2,1H3. The maximum atomic E-state index is 12.5. The van der Waals surface area contributed by atoms with Gasteiger partial charge in [0.15, 0.2) is 0 Å². The van der Waals surface area contributed by atoms with Crippen LogP contribution in [0.2, 0.25) is 0 Å². The molecule has 0 spiro atoms. The Morgan fingerprint density at radius 1 is 1.29 bits per heavy atom. The smallest absolute Gasteiger partial charge is 0.337 e. The lowest BCUT2D eigenvalue weighted by Gasteiger charge is -2.11. The van der Waals surface area contributed by atoms with E-state index in [0.29, 0.717) is 29.8 Å². The Morgan fingerprint density at radius 3 is 2.62 bits per heavy atom. The highest BCUT2D eigenvalue weighted by atomic mass is 16.5. The molecule has 1 aliphatic heterocycles. The molecule has 0 bridgehead atoms. The topological polar surface area (TPSA) is 94.1 Å². The van der Waals surface area contributed by atoms with E-state index < -0.39 is 17.2 Å². The lowest BCUT2D eigenvalue weighted by atomic mass is 10.1. The largest absolute Gasteiger partial charge is 0.465 e. The third-order valence-electron chi connectivity index (χ3n) is 4.16. The second-order valence-electron chi connectivity index (χ2n) is 5.55. The van der Waals surface area contributed by atoms with E-state index in [2.05, 4.69) is 4.74 Å². The van der Waals surface area contributed by atoms with Crippen molar-refractivity contribution in [3.63, 3.8) is 0 Å². The number of nitrogens with zero attached hydrogens (tertiary/aromatic N) is 3. The van der Waals surface area contributed by atoms with Gasteiger partial charge in [0, 0.05) is 12.2 Å². The van der Waals surface area contributed by atoms with Crippen LogP contribution in [0, 0.1) is 11.3 Å². The predicted octanol–water partition coefficient (Wildman–Crippen LogP) is 0.663. The number of ether oxygens (including phenoxy) is 1. The van der Waals surface area contributed by atoms with Gasteiger partial charge in [0.25, 0.3) is 5.56 Å². The van der Waals surface area contributed by atoms with Crippen LogP contribution in [0.3, 0.4) is 0 Å². The fourth-order valence-electron chi connectivity index (χ4n) is 2.94. The third kappa shape index (κ3) is 2.52. The van der Waals surface area contributed by atoms with Gasteiger partial charge in [-0.2, -0.15) is 5.26 Å². The predicted molar refractivity (Wildman–Crippen MR) is 84.9 cm³/mol. The van der Waals surface area contributed by atoms with Crippen molar-refractivity contribution in [3.8, 4) is 6.07 Å². The van der Waals surface area contributed by atoms with Gasteiger partial charge in [-0.1, -0.05) is 12.1 Å². The van der Waals surface area contributed by atoms with Gasteiger partial charge in [-0.05, 0) is 30.5 Å². The number of fused-ring (bicyclic) bond motifs is 1. The molecular weight excluding hydrogens is 310 g/mol. The van der Waals surface area contributed by atoms with Crippen LogP contribution in [-0.2, 0) is 24.2 Å². The molecule has 0 saturated carbocycles. The molecule has 122 valence electrons. The molecule has 7 nitrogen and oxygen atoms in total. The van der Waals surface area contributed by atoms with Crippen LogP contribution in [0.25, 0.3) is 0 Å². The SMILES string of the molecule is COC(=O)c1ccc(Cn2c(=O)c(C#N)c3n(c2=O)CCC3)cc1. The number of esters is 1. The second-order valence-corrected chi connectivity index (χ2v) is 5.55. The summed E-state index contributed by atoms with van der Waals surface area (Å²) in [5.41, 5.74) is 0.681. The van der Waals surface area contributed by atoms with Crippen LogP contribution >= 0.6 is 0 Å². The maximum absolute atomic E-state index is 12.5. The molecule has 0 atom stereocenters. The van der Waals surface area contributed by atoms with Gasteiger partial charge in [0.1, 0.15) is 11.6 Å². The molecule has 2 heterocycles. The van der Waals surface area contributed by atoms with Gasteiger partial charge in [-0.3, -0.25) is 13.9 Å². The molecule has 2 aromatic rings. The molecule has 1 aromatic heterocycles. The molecule has 0 fully saturated rings. The zero-order valence-electron chi connectivity index (χ0n) is 13.1. The van der Waals surface area contributed by atoms with Crippen molar-refractivity contribution in [1.29, 1.82) is 5.26 Å². The fraction of sp³-hybridized carbons (Fsp3) is 0.294. The Balaban J connectivity index is 2.03. The Bertz CT molecular complexity index is 962. The lowest BCUT2D eigenvalue weighted by molar-refractivity contribution is 0.0600. The van der Waals surface area contributed by atoms with Crippen molar-refractivity contribution in [3.05, 3.63) is 67.5 Å². The summed E-state index contributed by atoms with van der Waals surface area (Å²) in [4.78, 5) is 36.4. The molecular formula is C17H15N3O4. The quantitative estimate of drug-likeness (QED) is 0.773. The van der Waals surface area contributed by atoms with Gasteiger partial charge >= 0.3 is 11.7 Å². The van der Waals surface area contributed by atoms with Crippen molar-refractivity contribution in [2.24, 2.45) is 0 Å². The van der Waals surface area contributed by atoms with E-state index in [4.69, 9.17) is 0 Å². The summed E-state index contributed by atoms with van der Waals surface area (Å²) < 4.78 is 7.20. The van der Waals surface area contributed by atoms with Crippen LogP contribution in [-0.4, -0.2) is 22.2 Å². The highest BCUT2D eigenvalue weighted by Crippen LogP contribution is 2.13. The molecule has 0 N–H and O–H groups in total. The summed E-state index contributed by atoms with van der Waals surface area (Å²) in [6, 6.07) is 8.38. The second kappa shape index (κ2) is 6.16. The van der Waals surface area contributed by atoms with Gasteiger partial charge in [0.05, 0.1) is 19.2 Å². The molecule has 0 aliphatic carbocycles. The molecule has 1 aromatic carbocycles. The average molecular weight is 325 g/mol. The van der Waals surface area contributed by atoms with Crippen LogP contribution in [0.1, 0.15) is 33.6 Å². The highest BCUT2D eigenvalue weighted by Gasteiger charge is 2.22. The number of aromatic nitrogens is 2. The first-order chi connectivity index (χ1) is 11.6. The normalized spacial score (nSPS) is 12.5. The Morgan fingerprint density at radius 2 is 2.00 bits per heavy atom. The molecule has 3 rings (SSSR count). The van der Waals surface area contributed by atoms with Crippen LogP contribution in [0.5, 0.6) is 0 Å². The molecule has 7 heteroatoms. The van der Waals surface area contributed by atoms with Gasteiger partial charge in [-0.15, -0.1) is 0 Å². The zero-order valence-corrected chi connectivity index (χ0v) is 13.1. The van der Waals surface area contributed by atoms with Crippen molar-refractivity contribution in [2.75, 3.05) is 7.11 Å². The van der Waals surface area contributed by atoms with E-state index in [1.165, 1.54) is 11.7 Å². The average Bonchev–Trinajstić information content (AvgIpc) is 3.08. The molecule has 24 heavy (non-hydrogen) atoms. The van der Waals surface area contributed by atoms with E-state index in [0.717, 1.165) is 11.0 Å². The van der Waals surface area contributed by atoms with Crippen LogP contribution < -0.4 is 11.2 Å². The number of methoxy groups -OCH3 is 1.